The molecule has 0 amide bonds. The number of nitrogens with zero attached hydrogens (tertiary/aromatic N) is 4. The van der Waals surface area contributed by atoms with Crippen molar-refractivity contribution in [2.75, 3.05) is 7.11 Å². The van der Waals surface area contributed by atoms with Crippen LogP contribution in [0.1, 0.15) is 25.3 Å². The maximum Gasteiger partial charge on any atom is 0.305 e. The second kappa shape index (κ2) is 4.66. The van der Waals surface area contributed by atoms with Crippen LogP contribution in [0, 0.1) is 0 Å². The Morgan fingerprint density at radius 2 is 2.43 bits per heavy atom. The van der Waals surface area contributed by atoms with Crippen molar-refractivity contribution in [1.29, 1.82) is 0 Å². The molecular weight excluding hydrogens is 188 g/mol. The predicted molar refractivity (Wildman–Crippen MR) is 45.5 cm³/mol. The van der Waals surface area contributed by atoms with Gasteiger partial charge in [-0.1, -0.05) is 0 Å². The highest BCUT2D eigenvalue weighted by Crippen LogP contribution is 2.10. The average Bonchev–Trinajstić information content (AvgIpc) is 2.61. The van der Waals surface area contributed by atoms with E-state index in [1.54, 1.807) is 14.0 Å². The molecule has 14 heavy (non-hydrogen) atoms. The molecule has 0 aliphatic rings. The quantitative estimate of drug-likeness (QED) is 0.711. The minimum absolute atomic E-state index is 0.00548. The number of hydrogen-bond acceptors (Lipinski definition) is 5. The smallest absolute Gasteiger partial charge is 0.305 e. The maximum atomic E-state index is 10.3. The molecule has 78 valence electrons. The van der Waals surface area contributed by atoms with Crippen molar-refractivity contribution in [3.63, 3.8) is 0 Å². The number of carboxylic acid groups (broad SMARTS) is 1. The van der Waals surface area contributed by atoms with Gasteiger partial charge in [0.15, 0.2) is 5.82 Å². The Hall–Kier alpha value is -1.50. The Kier molecular flexibility index (Phi) is 3.52. The van der Waals surface area contributed by atoms with Gasteiger partial charge in [-0.15, -0.1) is 5.10 Å². The van der Waals surface area contributed by atoms with Crippen molar-refractivity contribution in [1.82, 2.24) is 20.2 Å². The highest BCUT2D eigenvalue weighted by Gasteiger charge is 2.13. The molecule has 1 aromatic heterocycles. The van der Waals surface area contributed by atoms with Crippen LogP contribution in [0.25, 0.3) is 0 Å². The lowest BCUT2D eigenvalue weighted by atomic mass is 10.3. The Labute approximate surface area is 80.7 Å². The maximum absolute atomic E-state index is 10.3. The monoisotopic (exact) mass is 200 g/mol. The fraction of sp³-hybridized carbons (Fsp3) is 0.714. The van der Waals surface area contributed by atoms with Gasteiger partial charge in [-0.05, 0) is 17.4 Å². The van der Waals surface area contributed by atoms with Gasteiger partial charge < -0.3 is 9.84 Å². The fourth-order valence-corrected chi connectivity index (χ4v) is 0.969. The zero-order valence-electron chi connectivity index (χ0n) is 8.04. The standard InChI is InChI=1S/C7H12N4O3/c1-5(14-2)7-8-9-10-11(7)4-3-6(12)13/h5H,3-4H2,1-2H3,(H,12,13). The first-order chi connectivity index (χ1) is 6.65. The van der Waals surface area contributed by atoms with E-state index >= 15 is 0 Å². The van der Waals surface area contributed by atoms with Gasteiger partial charge in [0.05, 0.1) is 13.0 Å². The first-order valence-corrected chi connectivity index (χ1v) is 4.15. The van der Waals surface area contributed by atoms with E-state index in [2.05, 4.69) is 15.5 Å². The lowest BCUT2D eigenvalue weighted by molar-refractivity contribution is -0.137. The summed E-state index contributed by atoms with van der Waals surface area (Å²) in [6.45, 7) is 2.05. The summed E-state index contributed by atoms with van der Waals surface area (Å²) >= 11 is 0. The minimum Gasteiger partial charge on any atom is -0.481 e. The van der Waals surface area contributed by atoms with Crippen LogP contribution in [-0.2, 0) is 16.1 Å². The normalized spacial score (nSPS) is 12.7. The van der Waals surface area contributed by atoms with Gasteiger partial charge >= 0.3 is 5.97 Å². The van der Waals surface area contributed by atoms with Crippen LogP contribution in [0.5, 0.6) is 0 Å². The number of methoxy groups -OCH3 is 1. The van der Waals surface area contributed by atoms with Gasteiger partial charge in [0.25, 0.3) is 0 Å². The lowest BCUT2D eigenvalue weighted by Crippen LogP contribution is -2.12. The van der Waals surface area contributed by atoms with Gasteiger partial charge in [0.2, 0.25) is 0 Å². The number of aromatic nitrogens is 4. The van der Waals surface area contributed by atoms with E-state index < -0.39 is 5.97 Å². The summed E-state index contributed by atoms with van der Waals surface area (Å²) in [5, 5.41) is 19.4. The van der Waals surface area contributed by atoms with Crippen LogP contribution >= 0.6 is 0 Å². The van der Waals surface area contributed by atoms with Crippen molar-refractivity contribution in [2.45, 2.75) is 26.0 Å². The topological polar surface area (TPSA) is 90.1 Å². The fourth-order valence-electron chi connectivity index (χ4n) is 0.969. The van der Waals surface area contributed by atoms with Gasteiger partial charge in [-0.3, -0.25) is 4.79 Å². The van der Waals surface area contributed by atoms with E-state index in [4.69, 9.17) is 9.84 Å². The summed E-state index contributed by atoms with van der Waals surface area (Å²) in [5.74, 6) is -0.342. The first-order valence-electron chi connectivity index (χ1n) is 4.15. The van der Waals surface area contributed by atoms with Gasteiger partial charge in [-0.2, -0.15) is 0 Å². The molecule has 0 aliphatic heterocycles. The average molecular weight is 200 g/mol. The molecule has 0 saturated carbocycles. The highest BCUT2D eigenvalue weighted by atomic mass is 16.5. The summed E-state index contributed by atoms with van der Waals surface area (Å²) in [4.78, 5) is 10.3. The van der Waals surface area contributed by atoms with E-state index in [9.17, 15) is 4.79 Å². The van der Waals surface area contributed by atoms with E-state index in [1.807, 2.05) is 0 Å². The number of aliphatic carboxylic acids is 1. The van der Waals surface area contributed by atoms with Crippen LogP contribution in [0.15, 0.2) is 0 Å². The molecule has 1 atom stereocenters. The molecule has 1 N–H and O–H groups in total. The van der Waals surface area contributed by atoms with E-state index in [1.165, 1.54) is 4.68 Å². The number of ether oxygens (including phenoxy) is 1. The summed E-state index contributed by atoms with van der Waals surface area (Å²) in [7, 11) is 1.54. The number of tetrazole rings is 1. The number of hydrogen-bond donors (Lipinski definition) is 1. The van der Waals surface area contributed by atoms with Gasteiger partial charge in [0.1, 0.15) is 6.10 Å². The molecule has 0 saturated heterocycles. The molecular formula is C7H12N4O3. The zero-order chi connectivity index (χ0) is 10.6. The number of aryl methyl sites for hydroxylation is 1. The van der Waals surface area contributed by atoms with Crippen molar-refractivity contribution in [3.05, 3.63) is 5.82 Å². The van der Waals surface area contributed by atoms with Crippen molar-refractivity contribution >= 4 is 5.97 Å². The second-order valence-corrected chi connectivity index (χ2v) is 2.78. The molecule has 0 bridgehead atoms. The molecule has 1 unspecified atom stereocenters. The van der Waals surface area contributed by atoms with E-state index in [-0.39, 0.29) is 19.1 Å². The minimum atomic E-state index is -0.878. The molecule has 0 aromatic carbocycles. The number of carbonyl (C=O) groups is 1. The third-order valence-corrected chi connectivity index (χ3v) is 1.81. The van der Waals surface area contributed by atoms with Crippen molar-refractivity contribution in [2.24, 2.45) is 0 Å². The molecule has 0 fully saturated rings. The predicted octanol–water partition coefficient (Wildman–Crippen LogP) is -0.145. The first kappa shape index (κ1) is 10.6. The van der Waals surface area contributed by atoms with Crippen molar-refractivity contribution < 1.29 is 14.6 Å². The third-order valence-electron chi connectivity index (χ3n) is 1.81. The third kappa shape index (κ3) is 2.49. The zero-order valence-corrected chi connectivity index (χ0v) is 8.04. The summed E-state index contributed by atoms with van der Waals surface area (Å²) in [6.07, 6.45) is -0.243. The van der Waals surface area contributed by atoms with Gasteiger partial charge in [-0.25, -0.2) is 4.68 Å². The Morgan fingerprint density at radius 3 is 3.00 bits per heavy atom. The summed E-state index contributed by atoms with van der Waals surface area (Å²) in [5.41, 5.74) is 0. The van der Waals surface area contributed by atoms with Crippen LogP contribution < -0.4 is 0 Å². The Balaban J connectivity index is 2.67. The molecule has 7 nitrogen and oxygen atoms in total. The molecule has 0 spiro atoms. The highest BCUT2D eigenvalue weighted by molar-refractivity contribution is 5.66. The largest absolute Gasteiger partial charge is 0.481 e. The molecule has 7 heteroatoms. The van der Waals surface area contributed by atoms with Crippen LogP contribution in [0.4, 0.5) is 0 Å². The Morgan fingerprint density at radius 1 is 1.71 bits per heavy atom. The summed E-state index contributed by atoms with van der Waals surface area (Å²) < 4.78 is 6.46. The SMILES string of the molecule is COC(C)c1nnnn1CCC(=O)O. The number of rotatable bonds is 5. The van der Waals surface area contributed by atoms with Gasteiger partial charge in [0, 0.05) is 7.11 Å². The van der Waals surface area contributed by atoms with E-state index in [0.717, 1.165) is 0 Å². The summed E-state index contributed by atoms with van der Waals surface area (Å²) in [6, 6.07) is 0. The van der Waals surface area contributed by atoms with Crippen molar-refractivity contribution in [3.8, 4) is 0 Å². The molecule has 1 heterocycles. The molecule has 1 rings (SSSR count). The van der Waals surface area contributed by atoms with Crippen LogP contribution in [-0.4, -0.2) is 38.4 Å². The molecule has 0 radical (unpaired) electrons. The molecule has 1 aromatic rings. The van der Waals surface area contributed by atoms with Crippen LogP contribution in [0.2, 0.25) is 0 Å². The second-order valence-electron chi connectivity index (χ2n) is 2.78. The van der Waals surface area contributed by atoms with Crippen LogP contribution in [0.3, 0.4) is 0 Å². The lowest BCUT2D eigenvalue weighted by Gasteiger charge is -2.08. The van der Waals surface area contributed by atoms with E-state index in [0.29, 0.717) is 5.82 Å². The molecule has 0 aliphatic carbocycles. The Bertz CT molecular complexity index is 312. The number of carboxylic acids is 1.